The van der Waals surface area contributed by atoms with Gasteiger partial charge in [-0.25, -0.2) is 8.42 Å². The van der Waals surface area contributed by atoms with E-state index in [0.29, 0.717) is 28.6 Å². The number of amides is 1. The zero-order valence-electron chi connectivity index (χ0n) is 12.7. The van der Waals surface area contributed by atoms with E-state index in [9.17, 15) is 13.2 Å². The summed E-state index contributed by atoms with van der Waals surface area (Å²) in [6, 6.07) is 14.1. The van der Waals surface area contributed by atoms with Gasteiger partial charge >= 0.3 is 0 Å². The molecule has 2 aromatic rings. The lowest BCUT2D eigenvalue weighted by Gasteiger charge is -2.14. The third kappa shape index (κ3) is 4.07. The fraction of sp³-hybridized carbons (Fsp3) is 0.235. The van der Waals surface area contributed by atoms with Crippen molar-refractivity contribution in [3.8, 4) is 11.5 Å². The molecule has 0 saturated carbocycles. The molecule has 5 nitrogen and oxygen atoms in total. The average Bonchev–Trinajstić information content (AvgIpc) is 2.91. The summed E-state index contributed by atoms with van der Waals surface area (Å²) in [5.41, 5.74) is 0.417. The van der Waals surface area contributed by atoms with Gasteiger partial charge in [-0.2, -0.15) is 0 Å². The lowest BCUT2D eigenvalue weighted by Crippen LogP contribution is -2.23. The minimum atomic E-state index is -3.12. The Morgan fingerprint density at radius 3 is 2.58 bits per heavy atom. The molecule has 0 aliphatic carbocycles. The van der Waals surface area contributed by atoms with E-state index in [2.05, 4.69) is 5.32 Å². The summed E-state index contributed by atoms with van der Waals surface area (Å²) < 4.78 is 28.8. The van der Waals surface area contributed by atoms with E-state index in [-0.39, 0.29) is 17.4 Å². The number of anilines is 1. The van der Waals surface area contributed by atoms with Gasteiger partial charge in [-0.3, -0.25) is 4.79 Å². The molecule has 1 amide bonds. The van der Waals surface area contributed by atoms with Gasteiger partial charge in [-0.15, -0.1) is 0 Å². The fourth-order valence-electron chi connectivity index (χ4n) is 2.54. The highest BCUT2D eigenvalue weighted by molar-refractivity contribution is 7.91. The van der Waals surface area contributed by atoms with Crippen LogP contribution in [0.25, 0.3) is 0 Å². The number of sulfone groups is 1. The molecule has 1 fully saturated rings. The topological polar surface area (TPSA) is 72.5 Å². The van der Waals surface area contributed by atoms with E-state index in [1.165, 1.54) is 0 Å². The van der Waals surface area contributed by atoms with Crippen LogP contribution in [0, 0.1) is 5.92 Å². The summed E-state index contributed by atoms with van der Waals surface area (Å²) in [7, 11) is -3.12. The molecular formula is C17H16ClNO4S. The number of hydrogen-bond acceptors (Lipinski definition) is 4. The van der Waals surface area contributed by atoms with Crippen LogP contribution in [0.4, 0.5) is 5.69 Å². The van der Waals surface area contributed by atoms with Crippen molar-refractivity contribution >= 4 is 33.0 Å². The summed E-state index contributed by atoms with van der Waals surface area (Å²) >= 11 is 6.01. The van der Waals surface area contributed by atoms with E-state index >= 15 is 0 Å². The van der Waals surface area contributed by atoms with Crippen LogP contribution < -0.4 is 10.1 Å². The first kappa shape index (κ1) is 16.8. The molecular weight excluding hydrogens is 350 g/mol. The van der Waals surface area contributed by atoms with Gasteiger partial charge < -0.3 is 10.1 Å². The molecule has 0 radical (unpaired) electrons. The first-order valence-corrected chi connectivity index (χ1v) is 9.67. The van der Waals surface area contributed by atoms with E-state index in [4.69, 9.17) is 16.3 Å². The zero-order valence-corrected chi connectivity index (χ0v) is 14.3. The molecule has 1 N–H and O–H groups in total. The Morgan fingerprint density at radius 1 is 1.17 bits per heavy atom. The Balaban J connectivity index is 1.79. The zero-order chi connectivity index (χ0) is 17.2. The van der Waals surface area contributed by atoms with Crippen molar-refractivity contribution < 1.29 is 17.9 Å². The molecule has 1 atom stereocenters. The second kappa shape index (κ2) is 6.83. The molecule has 1 aliphatic rings. The number of halogens is 1. The minimum Gasteiger partial charge on any atom is -0.455 e. The van der Waals surface area contributed by atoms with E-state index in [1.54, 1.807) is 30.3 Å². The summed E-state index contributed by atoms with van der Waals surface area (Å²) in [6.07, 6.45) is 0.337. The molecule has 1 unspecified atom stereocenters. The van der Waals surface area contributed by atoms with Crippen molar-refractivity contribution in [3.63, 3.8) is 0 Å². The van der Waals surface area contributed by atoms with E-state index in [1.807, 2.05) is 18.2 Å². The summed E-state index contributed by atoms with van der Waals surface area (Å²) in [4.78, 5) is 12.3. The molecule has 24 heavy (non-hydrogen) atoms. The van der Waals surface area contributed by atoms with E-state index in [0.717, 1.165) is 0 Å². The maximum atomic E-state index is 12.3. The van der Waals surface area contributed by atoms with Gasteiger partial charge in [-0.05, 0) is 36.8 Å². The molecule has 3 rings (SSSR count). The third-order valence-electron chi connectivity index (χ3n) is 3.77. The first-order valence-electron chi connectivity index (χ1n) is 7.47. The fourth-order valence-corrected chi connectivity index (χ4v) is 4.45. The standard InChI is InChI=1S/C17H16ClNO4S/c18-13-6-7-16(23-14-4-2-1-3-5-14)15(10-13)19-17(20)12-8-9-24(21,22)11-12/h1-7,10,12H,8-9,11H2,(H,19,20). The molecule has 7 heteroatoms. The summed E-state index contributed by atoms with van der Waals surface area (Å²) in [5, 5.41) is 3.19. The van der Waals surface area contributed by atoms with Gasteiger partial charge in [-0.1, -0.05) is 29.8 Å². The molecule has 126 valence electrons. The number of ether oxygens (including phenoxy) is 1. The minimum absolute atomic E-state index is 0.0496. The smallest absolute Gasteiger partial charge is 0.228 e. The molecule has 2 aromatic carbocycles. The highest BCUT2D eigenvalue weighted by Crippen LogP contribution is 2.33. The van der Waals surface area contributed by atoms with Crippen LogP contribution in [0.2, 0.25) is 5.02 Å². The largest absolute Gasteiger partial charge is 0.455 e. The van der Waals surface area contributed by atoms with Crippen molar-refractivity contribution in [2.75, 3.05) is 16.8 Å². The molecule has 0 spiro atoms. The Labute approximate surface area is 145 Å². The van der Waals surface area contributed by atoms with Gasteiger partial charge in [0.05, 0.1) is 23.1 Å². The SMILES string of the molecule is O=C(Nc1cc(Cl)ccc1Oc1ccccc1)C1CCS(=O)(=O)C1. The molecule has 0 bridgehead atoms. The number of benzene rings is 2. The van der Waals surface area contributed by atoms with Crippen LogP contribution in [-0.4, -0.2) is 25.8 Å². The average molecular weight is 366 g/mol. The van der Waals surface area contributed by atoms with Crippen molar-refractivity contribution in [2.45, 2.75) is 6.42 Å². The Bertz CT molecular complexity index is 852. The number of carbonyl (C=O) groups excluding carboxylic acids is 1. The Morgan fingerprint density at radius 2 is 1.92 bits per heavy atom. The first-order chi connectivity index (χ1) is 11.4. The van der Waals surface area contributed by atoms with Crippen molar-refractivity contribution in [1.82, 2.24) is 0 Å². The third-order valence-corrected chi connectivity index (χ3v) is 5.78. The highest BCUT2D eigenvalue weighted by Gasteiger charge is 2.33. The summed E-state index contributed by atoms with van der Waals surface area (Å²) in [6.45, 7) is 0. The number of carbonyl (C=O) groups is 1. The number of para-hydroxylation sites is 1. The maximum absolute atomic E-state index is 12.3. The van der Waals surface area contributed by atoms with Gasteiger partial charge in [0.2, 0.25) is 5.91 Å². The lowest BCUT2D eigenvalue weighted by atomic mass is 10.1. The van der Waals surface area contributed by atoms with Gasteiger partial charge in [0, 0.05) is 5.02 Å². The molecule has 1 saturated heterocycles. The van der Waals surface area contributed by atoms with E-state index < -0.39 is 15.8 Å². The highest BCUT2D eigenvalue weighted by atomic mass is 35.5. The maximum Gasteiger partial charge on any atom is 0.228 e. The second-order valence-electron chi connectivity index (χ2n) is 5.64. The Hall–Kier alpha value is -2.05. The van der Waals surface area contributed by atoms with Gasteiger partial charge in [0.1, 0.15) is 5.75 Å². The predicted octanol–water partition coefficient (Wildman–Crippen LogP) is 3.51. The van der Waals surface area contributed by atoms with Crippen molar-refractivity contribution in [1.29, 1.82) is 0 Å². The van der Waals surface area contributed by atoms with Crippen LogP contribution in [-0.2, 0) is 14.6 Å². The quantitative estimate of drug-likeness (QED) is 0.899. The van der Waals surface area contributed by atoms with Crippen LogP contribution in [0.3, 0.4) is 0 Å². The molecule has 1 heterocycles. The van der Waals surface area contributed by atoms with Gasteiger partial charge in [0.15, 0.2) is 15.6 Å². The summed E-state index contributed by atoms with van der Waals surface area (Å²) in [5.74, 6) is 0.121. The van der Waals surface area contributed by atoms with Crippen molar-refractivity contribution in [3.05, 3.63) is 53.6 Å². The number of rotatable bonds is 4. The van der Waals surface area contributed by atoms with Crippen LogP contribution >= 0.6 is 11.6 Å². The predicted molar refractivity (Wildman–Crippen MR) is 93.4 cm³/mol. The monoisotopic (exact) mass is 365 g/mol. The molecule has 1 aliphatic heterocycles. The van der Waals surface area contributed by atoms with Crippen LogP contribution in [0.15, 0.2) is 48.5 Å². The van der Waals surface area contributed by atoms with Crippen LogP contribution in [0.5, 0.6) is 11.5 Å². The Kier molecular flexibility index (Phi) is 4.78. The second-order valence-corrected chi connectivity index (χ2v) is 8.31. The van der Waals surface area contributed by atoms with Crippen molar-refractivity contribution in [2.24, 2.45) is 5.92 Å². The molecule has 0 aromatic heterocycles. The number of nitrogens with one attached hydrogen (secondary N) is 1. The number of hydrogen-bond donors (Lipinski definition) is 1. The van der Waals surface area contributed by atoms with Gasteiger partial charge in [0.25, 0.3) is 0 Å². The lowest BCUT2D eigenvalue weighted by molar-refractivity contribution is -0.119. The normalized spacial score (nSPS) is 19.0. The van der Waals surface area contributed by atoms with Crippen LogP contribution in [0.1, 0.15) is 6.42 Å².